The number of ether oxygens (including phenoxy) is 2. The average molecular weight is 330 g/mol. The largest absolute Gasteiger partial charge is 0.490 e. The van der Waals surface area contributed by atoms with E-state index in [-0.39, 0.29) is 11.7 Å². The van der Waals surface area contributed by atoms with E-state index in [1.165, 1.54) is 0 Å². The lowest BCUT2D eigenvalue weighted by Gasteiger charge is -2.25. The van der Waals surface area contributed by atoms with Crippen molar-refractivity contribution in [3.63, 3.8) is 0 Å². The summed E-state index contributed by atoms with van der Waals surface area (Å²) in [5.74, 6) is 1.16. The fraction of sp³-hybridized carbons (Fsp3) is 0.571. The number of rotatable bonds is 1. The molecule has 1 unspecified atom stereocenters. The Morgan fingerprint density at radius 1 is 1.26 bits per heavy atom. The molecule has 3 rings (SSSR count). The SMILES string of the molecule is Fc1c(C2CCCNC2)cc2c(c1Br)OCCCO2. The first-order valence-corrected chi connectivity index (χ1v) is 7.55. The quantitative estimate of drug-likeness (QED) is 0.858. The van der Waals surface area contributed by atoms with E-state index in [0.717, 1.165) is 37.9 Å². The molecule has 2 aliphatic heterocycles. The zero-order chi connectivity index (χ0) is 13.2. The molecular formula is C14H17BrFNO2. The van der Waals surface area contributed by atoms with Crippen LogP contribution >= 0.6 is 15.9 Å². The Balaban J connectivity index is 2.00. The molecule has 0 amide bonds. The van der Waals surface area contributed by atoms with Gasteiger partial charge in [0.2, 0.25) is 0 Å². The molecule has 1 saturated heterocycles. The van der Waals surface area contributed by atoms with Gasteiger partial charge in [0.05, 0.1) is 17.7 Å². The molecule has 3 nitrogen and oxygen atoms in total. The molecule has 19 heavy (non-hydrogen) atoms. The van der Waals surface area contributed by atoms with Crippen molar-refractivity contribution in [1.29, 1.82) is 0 Å². The summed E-state index contributed by atoms with van der Waals surface area (Å²) in [6.45, 7) is 3.02. The number of hydrogen-bond acceptors (Lipinski definition) is 3. The van der Waals surface area contributed by atoms with Gasteiger partial charge in [0.25, 0.3) is 0 Å². The lowest BCUT2D eigenvalue weighted by molar-refractivity contribution is 0.296. The highest BCUT2D eigenvalue weighted by Gasteiger charge is 2.26. The van der Waals surface area contributed by atoms with Crippen LogP contribution in [-0.2, 0) is 0 Å². The summed E-state index contributed by atoms with van der Waals surface area (Å²) in [7, 11) is 0. The first kappa shape index (κ1) is 13.2. The summed E-state index contributed by atoms with van der Waals surface area (Å²) in [6.07, 6.45) is 2.91. The Morgan fingerprint density at radius 3 is 2.89 bits per heavy atom. The molecule has 2 heterocycles. The minimum absolute atomic E-state index is 0.210. The molecule has 0 saturated carbocycles. The molecule has 1 atom stereocenters. The maximum atomic E-state index is 14.5. The molecule has 2 aliphatic rings. The highest BCUT2D eigenvalue weighted by atomic mass is 79.9. The van der Waals surface area contributed by atoms with Crippen LogP contribution in [0.25, 0.3) is 0 Å². The predicted molar refractivity (Wildman–Crippen MR) is 74.6 cm³/mol. The number of hydrogen-bond donors (Lipinski definition) is 1. The van der Waals surface area contributed by atoms with Crippen LogP contribution in [0.5, 0.6) is 11.5 Å². The van der Waals surface area contributed by atoms with Gasteiger partial charge in [-0.25, -0.2) is 4.39 Å². The van der Waals surface area contributed by atoms with E-state index in [1.807, 2.05) is 6.07 Å². The molecule has 1 N–H and O–H groups in total. The van der Waals surface area contributed by atoms with Crippen LogP contribution < -0.4 is 14.8 Å². The molecule has 0 radical (unpaired) electrons. The van der Waals surface area contributed by atoms with Crippen LogP contribution in [0.3, 0.4) is 0 Å². The number of benzene rings is 1. The second kappa shape index (κ2) is 5.67. The fourth-order valence-electron chi connectivity index (χ4n) is 2.68. The van der Waals surface area contributed by atoms with Crippen LogP contribution in [-0.4, -0.2) is 26.3 Å². The molecule has 5 heteroatoms. The molecule has 104 valence electrons. The highest BCUT2D eigenvalue weighted by molar-refractivity contribution is 9.10. The molecule has 0 bridgehead atoms. The van der Waals surface area contributed by atoms with Crippen molar-refractivity contribution in [1.82, 2.24) is 5.32 Å². The summed E-state index contributed by atoms with van der Waals surface area (Å²) in [6, 6.07) is 1.82. The number of halogens is 2. The van der Waals surface area contributed by atoms with Gasteiger partial charge in [0.15, 0.2) is 11.5 Å². The first-order chi connectivity index (χ1) is 9.27. The van der Waals surface area contributed by atoms with E-state index in [9.17, 15) is 4.39 Å². The lowest BCUT2D eigenvalue weighted by atomic mass is 9.91. The van der Waals surface area contributed by atoms with E-state index in [0.29, 0.717) is 29.2 Å². The molecule has 1 aromatic carbocycles. The Hall–Kier alpha value is -0.810. The molecule has 1 fully saturated rings. The zero-order valence-electron chi connectivity index (χ0n) is 10.7. The lowest BCUT2D eigenvalue weighted by Crippen LogP contribution is -2.29. The third kappa shape index (κ3) is 2.58. The Bertz CT molecular complexity index is 475. The Labute approximate surface area is 120 Å². The van der Waals surface area contributed by atoms with E-state index in [2.05, 4.69) is 21.2 Å². The van der Waals surface area contributed by atoms with E-state index >= 15 is 0 Å². The third-order valence-corrected chi connectivity index (χ3v) is 4.39. The molecule has 0 spiro atoms. The van der Waals surface area contributed by atoms with E-state index in [1.54, 1.807) is 0 Å². The third-order valence-electron chi connectivity index (χ3n) is 3.69. The summed E-state index contributed by atoms with van der Waals surface area (Å²) in [5.41, 5.74) is 0.725. The average Bonchev–Trinajstić information content (AvgIpc) is 2.69. The van der Waals surface area contributed by atoms with Crippen molar-refractivity contribution in [3.8, 4) is 11.5 Å². The number of fused-ring (bicyclic) bond motifs is 1. The van der Waals surface area contributed by atoms with Gasteiger partial charge < -0.3 is 14.8 Å². The summed E-state index contributed by atoms with van der Waals surface area (Å²) in [5, 5.41) is 3.32. The van der Waals surface area contributed by atoms with Crippen molar-refractivity contribution in [2.75, 3.05) is 26.3 Å². The van der Waals surface area contributed by atoms with Crippen LogP contribution in [0, 0.1) is 5.82 Å². The summed E-state index contributed by atoms with van der Waals surface area (Å²) >= 11 is 3.32. The van der Waals surface area contributed by atoms with Gasteiger partial charge >= 0.3 is 0 Å². The smallest absolute Gasteiger partial charge is 0.178 e. The Kier molecular flexibility index (Phi) is 3.93. The van der Waals surface area contributed by atoms with Crippen LogP contribution in [0.15, 0.2) is 10.5 Å². The van der Waals surface area contributed by atoms with Crippen molar-refractivity contribution in [2.45, 2.75) is 25.2 Å². The van der Waals surface area contributed by atoms with Gasteiger partial charge in [-0.05, 0) is 52.9 Å². The second-order valence-corrected chi connectivity index (χ2v) is 5.81. The van der Waals surface area contributed by atoms with Crippen molar-refractivity contribution >= 4 is 15.9 Å². The molecular weight excluding hydrogens is 313 g/mol. The second-order valence-electron chi connectivity index (χ2n) is 5.01. The highest BCUT2D eigenvalue weighted by Crippen LogP contribution is 2.43. The van der Waals surface area contributed by atoms with Crippen molar-refractivity contribution in [2.24, 2.45) is 0 Å². The first-order valence-electron chi connectivity index (χ1n) is 6.75. The van der Waals surface area contributed by atoms with Gasteiger partial charge in [0.1, 0.15) is 5.82 Å². The maximum Gasteiger partial charge on any atom is 0.178 e. The molecule has 0 aliphatic carbocycles. The maximum absolute atomic E-state index is 14.5. The number of nitrogens with one attached hydrogen (secondary N) is 1. The van der Waals surface area contributed by atoms with Crippen molar-refractivity contribution < 1.29 is 13.9 Å². The minimum Gasteiger partial charge on any atom is -0.490 e. The van der Waals surface area contributed by atoms with Gasteiger partial charge in [-0.2, -0.15) is 0 Å². The van der Waals surface area contributed by atoms with Crippen LogP contribution in [0.1, 0.15) is 30.7 Å². The fourth-order valence-corrected chi connectivity index (χ4v) is 3.21. The zero-order valence-corrected chi connectivity index (χ0v) is 12.3. The van der Waals surface area contributed by atoms with Crippen LogP contribution in [0.2, 0.25) is 0 Å². The minimum atomic E-state index is -0.210. The summed E-state index contributed by atoms with van der Waals surface area (Å²) in [4.78, 5) is 0. The summed E-state index contributed by atoms with van der Waals surface area (Å²) < 4.78 is 26.1. The van der Waals surface area contributed by atoms with E-state index in [4.69, 9.17) is 9.47 Å². The van der Waals surface area contributed by atoms with Gasteiger partial charge in [-0.15, -0.1) is 0 Å². The van der Waals surface area contributed by atoms with Gasteiger partial charge in [0, 0.05) is 13.0 Å². The Morgan fingerprint density at radius 2 is 2.11 bits per heavy atom. The monoisotopic (exact) mass is 329 g/mol. The molecule has 0 aromatic heterocycles. The topological polar surface area (TPSA) is 30.5 Å². The van der Waals surface area contributed by atoms with Gasteiger partial charge in [-0.3, -0.25) is 0 Å². The van der Waals surface area contributed by atoms with Crippen molar-refractivity contribution in [3.05, 3.63) is 21.9 Å². The predicted octanol–water partition coefficient (Wildman–Crippen LogP) is 3.22. The standard InChI is InChI=1S/C14H17BrFNO2/c15-12-13(16)10(9-3-1-4-17-8-9)7-11-14(12)19-6-2-5-18-11/h7,9,17H,1-6,8H2. The van der Waals surface area contributed by atoms with E-state index < -0.39 is 0 Å². The van der Waals surface area contributed by atoms with Crippen LogP contribution in [0.4, 0.5) is 4.39 Å². The number of piperidine rings is 1. The van der Waals surface area contributed by atoms with Gasteiger partial charge in [-0.1, -0.05) is 0 Å². The normalized spacial score (nSPS) is 22.9. The molecule has 1 aromatic rings.